The Labute approximate surface area is 237 Å². The van der Waals surface area contributed by atoms with Gasteiger partial charge in [0.25, 0.3) is 0 Å². The number of rotatable bonds is 7. The molecule has 0 bridgehead atoms. The molecular weight excluding hydrogens is 374 g/mol. The summed E-state index contributed by atoms with van der Waals surface area (Å²) in [7, 11) is -5.95. The van der Waals surface area contributed by atoms with E-state index >= 15 is 0 Å². The Bertz CT molecular complexity index is 400. The molecule has 0 N–H and O–H groups in total. The van der Waals surface area contributed by atoms with Crippen molar-refractivity contribution in [3.05, 3.63) is 0 Å². The Balaban J connectivity index is -0.000000128. The molecule has 0 amide bonds. The minimum atomic E-state index is -5.95. The summed E-state index contributed by atoms with van der Waals surface area (Å²) in [5.41, 5.74) is 0. The summed E-state index contributed by atoms with van der Waals surface area (Å²) >= 11 is 0. The fraction of sp³-hybridized carbons (Fsp3) is 0.571. The summed E-state index contributed by atoms with van der Waals surface area (Å²) in [6.07, 6.45) is -4.04. The molecule has 0 aliphatic carbocycles. The predicted octanol–water partition coefficient (Wildman–Crippen LogP) is -20.9. The van der Waals surface area contributed by atoms with E-state index in [0.717, 1.165) is 0 Å². The summed E-state index contributed by atoms with van der Waals surface area (Å²) in [5.74, 6) is -6.43. The molecule has 0 aromatic rings. The molecule has 1 atom stereocenters. The van der Waals surface area contributed by atoms with Gasteiger partial charge in [-0.25, -0.2) is 0 Å². The minimum absolute atomic E-state index is 0. The first kappa shape index (κ1) is 40.3. The van der Waals surface area contributed by atoms with Crippen molar-refractivity contribution in [3.63, 3.8) is 0 Å². The fourth-order valence-electron chi connectivity index (χ4n) is 1.16. The summed E-state index contributed by atoms with van der Waals surface area (Å²) < 4.78 is 10.8. The van der Waals surface area contributed by atoms with E-state index in [1.165, 1.54) is 0 Å². The molecule has 0 saturated carbocycles. The normalized spacial score (nSPS) is 11.5. The molecule has 98 valence electrons. The molecule has 9 nitrogen and oxygen atoms in total. The van der Waals surface area contributed by atoms with Crippen LogP contribution in [0.3, 0.4) is 0 Å². The van der Waals surface area contributed by atoms with Crippen LogP contribution in [0, 0.1) is 0 Å². The maximum Gasteiger partial charge on any atom is 1.00 e. The number of aliphatic carboxylic acids is 3. The number of carbonyl (C=O) groups is 3. The van der Waals surface area contributed by atoms with E-state index in [4.69, 9.17) is 0 Å². The molecule has 0 radical (unpaired) electrons. The van der Waals surface area contributed by atoms with Crippen molar-refractivity contribution in [1.29, 1.82) is 0 Å². The van der Waals surface area contributed by atoms with Gasteiger partial charge in [0.15, 0.2) is 0 Å². The van der Waals surface area contributed by atoms with Crippen LogP contribution >= 0.6 is 7.60 Å². The van der Waals surface area contributed by atoms with Crippen molar-refractivity contribution >= 4 is 25.5 Å². The summed E-state index contributed by atoms with van der Waals surface area (Å²) in [6.45, 7) is 0. The summed E-state index contributed by atoms with van der Waals surface area (Å²) in [5, 5.41) is 27.6. The third-order valence-electron chi connectivity index (χ3n) is 2.08. The maximum absolute atomic E-state index is 10.8. The Morgan fingerprint density at radius 1 is 0.818 bits per heavy atom. The molecule has 0 rings (SSSR count). The first-order chi connectivity index (χ1) is 7.53. The third-order valence-corrected chi connectivity index (χ3v) is 3.70. The van der Waals surface area contributed by atoms with Crippen LogP contribution in [0.15, 0.2) is 0 Å². The van der Waals surface area contributed by atoms with Crippen molar-refractivity contribution < 1.29 is 192 Å². The second-order valence-electron chi connectivity index (χ2n) is 3.24. The van der Waals surface area contributed by atoms with Gasteiger partial charge < -0.3 is 44.1 Å². The van der Waals surface area contributed by atoms with Crippen LogP contribution in [0.2, 0.25) is 0 Å². The van der Waals surface area contributed by atoms with E-state index in [9.17, 15) is 44.1 Å². The van der Waals surface area contributed by atoms with Crippen molar-refractivity contribution in [2.45, 2.75) is 24.4 Å². The van der Waals surface area contributed by atoms with Gasteiger partial charge in [0.05, 0.1) is 5.97 Å². The van der Waals surface area contributed by atoms with Crippen LogP contribution in [-0.4, -0.2) is 23.1 Å². The van der Waals surface area contributed by atoms with Crippen LogP contribution in [0.5, 0.6) is 0 Å². The third kappa shape index (κ3) is 13.7. The van der Waals surface area contributed by atoms with E-state index < -0.39 is 49.9 Å². The number of carboxylic acid groups (broad SMARTS) is 3. The average Bonchev–Trinajstić information content (AvgIpc) is 2.08. The van der Waals surface area contributed by atoms with Crippen LogP contribution in [0.1, 0.15) is 19.3 Å². The molecule has 0 spiro atoms. The van der Waals surface area contributed by atoms with Crippen molar-refractivity contribution in [1.82, 2.24) is 0 Å². The zero-order chi connectivity index (χ0) is 13.9. The molecule has 15 heteroatoms. The second kappa shape index (κ2) is 17.9. The van der Waals surface area contributed by atoms with Crippen molar-refractivity contribution in [3.8, 4) is 0 Å². The maximum atomic E-state index is 10.8. The molecule has 0 aromatic carbocycles. The number of carbonyl (C=O) groups excluding carboxylic acids is 3. The predicted molar refractivity (Wildman–Crippen MR) is 39.2 cm³/mol. The van der Waals surface area contributed by atoms with Gasteiger partial charge in [-0.3, -0.25) is 0 Å². The Morgan fingerprint density at radius 2 is 1.18 bits per heavy atom. The Kier molecular flexibility index (Phi) is 32.9. The smallest absolute Gasteiger partial charge is 0.810 e. The summed E-state index contributed by atoms with van der Waals surface area (Å²) in [6, 6.07) is 0. The standard InChI is InChI=1S/C7H11O9P.5Na/c8-4(9)1-2-7(6(12)13,3-5(10)11)17(14,15)16;;;;;/h1-3H2,(H,8,9)(H,10,11)(H,12,13)(H2,14,15,16);;;;;/q;5*+1/p-5. The zero-order valence-electron chi connectivity index (χ0n) is 13.2. The molecule has 0 heterocycles. The van der Waals surface area contributed by atoms with E-state index in [1.807, 2.05) is 0 Å². The van der Waals surface area contributed by atoms with E-state index in [0.29, 0.717) is 0 Å². The van der Waals surface area contributed by atoms with Crippen molar-refractivity contribution in [2.24, 2.45) is 0 Å². The fourth-order valence-corrected chi connectivity index (χ4v) is 2.09. The molecule has 0 aliphatic rings. The molecule has 0 saturated heterocycles. The molecule has 0 fully saturated rings. The van der Waals surface area contributed by atoms with Gasteiger partial charge in [-0.15, -0.1) is 0 Å². The van der Waals surface area contributed by atoms with Crippen LogP contribution in [0.4, 0.5) is 0 Å². The number of hydrogen-bond acceptors (Lipinski definition) is 9. The van der Waals surface area contributed by atoms with Gasteiger partial charge in [0.2, 0.25) is 0 Å². The molecule has 1 unspecified atom stereocenters. The Morgan fingerprint density at radius 3 is 1.36 bits per heavy atom. The van der Waals surface area contributed by atoms with Crippen LogP contribution < -0.4 is 173 Å². The van der Waals surface area contributed by atoms with E-state index in [-0.39, 0.29) is 148 Å². The number of carboxylic acids is 3. The SMILES string of the molecule is O=C([O-])CCC(CC(=O)[O-])(C(=O)[O-])P(=O)([O-])[O-].[Na+].[Na+].[Na+].[Na+].[Na+]. The Hall–Kier alpha value is 3.56. The van der Waals surface area contributed by atoms with Gasteiger partial charge in [-0.2, -0.15) is 0 Å². The largest absolute Gasteiger partial charge is 1.00 e. The van der Waals surface area contributed by atoms with Gasteiger partial charge in [0, 0.05) is 23.5 Å². The van der Waals surface area contributed by atoms with Crippen LogP contribution in [0.25, 0.3) is 0 Å². The van der Waals surface area contributed by atoms with Gasteiger partial charge in [-0.1, -0.05) is 7.60 Å². The first-order valence-electron chi connectivity index (χ1n) is 4.16. The van der Waals surface area contributed by atoms with E-state index in [1.54, 1.807) is 0 Å². The van der Waals surface area contributed by atoms with E-state index in [2.05, 4.69) is 0 Å². The average molecular weight is 380 g/mol. The van der Waals surface area contributed by atoms with Gasteiger partial charge in [0.1, 0.15) is 0 Å². The quantitative estimate of drug-likeness (QED) is 0.306. The van der Waals surface area contributed by atoms with Crippen LogP contribution in [-0.2, 0) is 18.9 Å². The summed E-state index contributed by atoms with van der Waals surface area (Å²) in [4.78, 5) is 52.6. The van der Waals surface area contributed by atoms with Gasteiger partial charge >= 0.3 is 148 Å². The topological polar surface area (TPSA) is 184 Å². The monoisotopic (exact) mass is 380 g/mol. The minimum Gasteiger partial charge on any atom is -0.810 e. The van der Waals surface area contributed by atoms with Crippen molar-refractivity contribution in [2.75, 3.05) is 0 Å². The second-order valence-corrected chi connectivity index (χ2v) is 5.09. The molecule has 22 heavy (non-hydrogen) atoms. The zero-order valence-corrected chi connectivity index (χ0v) is 24.1. The molecule has 0 aliphatic heterocycles. The first-order valence-corrected chi connectivity index (χ1v) is 5.70. The molecular formula is C7H6Na5O9P. The van der Waals surface area contributed by atoms with Gasteiger partial charge in [-0.05, 0) is 12.8 Å². The number of hydrogen-bond donors (Lipinski definition) is 0. The molecule has 0 aromatic heterocycles.